The molecule has 15 heavy (non-hydrogen) atoms. The van der Waals surface area contributed by atoms with Gasteiger partial charge in [0.15, 0.2) is 11.0 Å². The average Bonchev–Trinajstić information content (AvgIpc) is 2.45. The number of rotatable bonds is 1. The van der Waals surface area contributed by atoms with Crippen LogP contribution in [-0.2, 0) is 4.79 Å². The molecule has 1 amide bonds. The van der Waals surface area contributed by atoms with Gasteiger partial charge in [-0.25, -0.2) is 9.97 Å². The van der Waals surface area contributed by atoms with E-state index in [1.807, 2.05) is 0 Å². The fraction of sp³-hybridized carbons (Fsp3) is 0.375. The minimum atomic E-state index is -0.0570. The van der Waals surface area contributed by atoms with Gasteiger partial charge in [0.05, 0.1) is 0 Å². The van der Waals surface area contributed by atoms with Gasteiger partial charge in [-0.3, -0.25) is 4.79 Å². The lowest BCUT2D eigenvalue weighted by atomic mass is 10.4. The first kappa shape index (κ1) is 10.5. The minimum absolute atomic E-state index is 0.00757. The number of aromatic nitrogens is 2. The van der Waals surface area contributed by atoms with Crippen LogP contribution in [0.3, 0.4) is 0 Å². The second-order valence-corrected chi connectivity index (χ2v) is 4.35. The molecule has 2 heterocycles. The van der Waals surface area contributed by atoms with Crippen molar-refractivity contribution in [1.29, 1.82) is 0 Å². The first-order chi connectivity index (χ1) is 7.09. The van der Waals surface area contributed by atoms with Crippen LogP contribution < -0.4 is 10.6 Å². The van der Waals surface area contributed by atoms with Crippen LogP contribution in [0.15, 0.2) is 6.33 Å². The molecule has 1 aliphatic heterocycles. The Morgan fingerprint density at radius 2 is 2.33 bits per heavy atom. The maximum Gasteiger partial charge on any atom is 0.228 e. The van der Waals surface area contributed by atoms with Gasteiger partial charge in [0, 0.05) is 18.2 Å². The molecule has 0 bridgehead atoms. The minimum Gasteiger partial charge on any atom is -0.382 e. The maximum atomic E-state index is 11.6. The zero-order valence-electron chi connectivity index (χ0n) is 7.72. The second kappa shape index (κ2) is 3.86. The zero-order valence-corrected chi connectivity index (χ0v) is 9.37. The number of anilines is 2. The lowest BCUT2D eigenvalue weighted by molar-refractivity contribution is -0.117. The number of halogens is 1. The van der Waals surface area contributed by atoms with Crippen molar-refractivity contribution in [3.8, 4) is 0 Å². The van der Waals surface area contributed by atoms with Gasteiger partial charge < -0.3 is 10.6 Å². The van der Waals surface area contributed by atoms with Crippen LogP contribution in [-0.4, -0.2) is 27.7 Å². The molecule has 5 nitrogen and oxygen atoms in total. The number of hydrogen-bond acceptors (Lipinski definition) is 5. The molecule has 2 rings (SSSR count). The molecule has 1 aromatic rings. The lowest BCUT2D eigenvalue weighted by Gasteiger charge is -2.17. The Labute approximate surface area is 97.0 Å². The third-order valence-corrected chi connectivity index (χ3v) is 2.80. The van der Waals surface area contributed by atoms with E-state index in [0.29, 0.717) is 18.7 Å². The van der Waals surface area contributed by atoms with Gasteiger partial charge in [0.25, 0.3) is 0 Å². The average molecular weight is 245 g/mol. The van der Waals surface area contributed by atoms with E-state index in [4.69, 9.17) is 17.3 Å². The maximum absolute atomic E-state index is 11.6. The van der Waals surface area contributed by atoms with Crippen LogP contribution >= 0.6 is 24.2 Å². The summed E-state index contributed by atoms with van der Waals surface area (Å²) < 4.78 is 0. The van der Waals surface area contributed by atoms with Crippen LogP contribution in [0.2, 0.25) is 5.15 Å². The molecule has 0 radical (unpaired) electrons. The Morgan fingerprint density at radius 1 is 1.60 bits per heavy atom. The molecule has 1 aliphatic rings. The summed E-state index contributed by atoms with van der Waals surface area (Å²) in [5.74, 6) is 0.157. The Balaban J connectivity index is 2.41. The van der Waals surface area contributed by atoms with Gasteiger partial charge in [0.1, 0.15) is 12.0 Å². The Bertz CT molecular complexity index is 393. The molecule has 0 saturated carbocycles. The number of amides is 1. The number of hydrogen-bond donors (Lipinski definition) is 2. The quantitative estimate of drug-likeness (QED) is 0.565. The first-order valence-electron chi connectivity index (χ1n) is 4.34. The van der Waals surface area contributed by atoms with Crippen molar-refractivity contribution in [3.63, 3.8) is 0 Å². The van der Waals surface area contributed by atoms with E-state index >= 15 is 0 Å². The topological polar surface area (TPSA) is 72.1 Å². The van der Waals surface area contributed by atoms with E-state index < -0.39 is 0 Å². The fourth-order valence-corrected chi connectivity index (χ4v) is 2.09. The van der Waals surface area contributed by atoms with E-state index in [1.165, 1.54) is 11.2 Å². The molecule has 0 spiro atoms. The highest BCUT2D eigenvalue weighted by Crippen LogP contribution is 2.32. The molecule has 0 aliphatic carbocycles. The summed E-state index contributed by atoms with van der Waals surface area (Å²) in [4.78, 5) is 20.7. The Kier molecular flexibility index (Phi) is 2.70. The molecule has 2 N–H and O–H groups in total. The standard InChI is InChI=1S/C8H9ClN4OS/c9-7-6(8(10)12-3-11-7)13-2-4(15)1-5(13)14/h3-4,15H,1-2H2,(H2,10,11,12). The van der Waals surface area contributed by atoms with Gasteiger partial charge in [-0.1, -0.05) is 11.6 Å². The number of carbonyl (C=O) groups is 1. The monoisotopic (exact) mass is 244 g/mol. The first-order valence-corrected chi connectivity index (χ1v) is 5.23. The summed E-state index contributed by atoms with van der Waals surface area (Å²) in [6.07, 6.45) is 1.65. The molecule has 1 saturated heterocycles. The van der Waals surface area contributed by atoms with E-state index in [9.17, 15) is 4.79 Å². The SMILES string of the molecule is Nc1ncnc(Cl)c1N1CC(S)CC1=O. The van der Waals surface area contributed by atoms with E-state index in [2.05, 4.69) is 22.6 Å². The Morgan fingerprint density at radius 3 is 2.87 bits per heavy atom. The summed E-state index contributed by atoms with van der Waals surface area (Å²) in [5.41, 5.74) is 6.04. The molecule has 80 valence electrons. The third kappa shape index (κ3) is 1.87. The zero-order chi connectivity index (χ0) is 11.0. The van der Waals surface area contributed by atoms with Crippen molar-refractivity contribution in [2.75, 3.05) is 17.2 Å². The van der Waals surface area contributed by atoms with E-state index in [1.54, 1.807) is 0 Å². The second-order valence-electron chi connectivity index (χ2n) is 3.26. The smallest absolute Gasteiger partial charge is 0.228 e. The van der Waals surface area contributed by atoms with Crippen molar-refractivity contribution in [3.05, 3.63) is 11.5 Å². The lowest BCUT2D eigenvalue weighted by Crippen LogP contribution is -2.26. The van der Waals surface area contributed by atoms with Gasteiger partial charge in [-0.15, -0.1) is 0 Å². The van der Waals surface area contributed by atoms with Gasteiger partial charge in [0.2, 0.25) is 5.91 Å². The normalized spacial score (nSPS) is 21.1. The number of carbonyl (C=O) groups excluding carboxylic acids is 1. The van der Waals surface area contributed by atoms with Crippen molar-refractivity contribution >= 4 is 41.6 Å². The molecule has 1 fully saturated rings. The molecule has 1 aromatic heterocycles. The van der Waals surface area contributed by atoms with E-state index in [-0.39, 0.29) is 22.1 Å². The number of nitrogen functional groups attached to an aromatic ring is 1. The third-order valence-electron chi connectivity index (χ3n) is 2.18. The van der Waals surface area contributed by atoms with Crippen LogP contribution in [0.25, 0.3) is 0 Å². The molecule has 7 heteroatoms. The predicted octanol–water partition coefficient (Wildman–Crippen LogP) is 0.747. The number of nitrogens with zero attached hydrogens (tertiary/aromatic N) is 3. The molecular weight excluding hydrogens is 236 g/mol. The molecule has 1 unspecified atom stereocenters. The number of thiol groups is 1. The van der Waals surface area contributed by atoms with Crippen molar-refractivity contribution in [1.82, 2.24) is 9.97 Å². The van der Waals surface area contributed by atoms with Crippen molar-refractivity contribution < 1.29 is 4.79 Å². The molecular formula is C8H9ClN4OS. The highest BCUT2D eigenvalue weighted by Gasteiger charge is 2.31. The van der Waals surface area contributed by atoms with Gasteiger partial charge in [-0.05, 0) is 0 Å². The van der Waals surface area contributed by atoms with Crippen molar-refractivity contribution in [2.45, 2.75) is 11.7 Å². The highest BCUT2D eigenvalue weighted by atomic mass is 35.5. The van der Waals surface area contributed by atoms with E-state index in [0.717, 1.165) is 0 Å². The summed E-state index contributed by atoms with van der Waals surface area (Å²) >= 11 is 10.1. The van der Waals surface area contributed by atoms with Crippen LogP contribution in [0.4, 0.5) is 11.5 Å². The molecule has 1 atom stereocenters. The highest BCUT2D eigenvalue weighted by molar-refractivity contribution is 7.81. The van der Waals surface area contributed by atoms with Gasteiger partial charge >= 0.3 is 0 Å². The van der Waals surface area contributed by atoms with Gasteiger partial charge in [-0.2, -0.15) is 12.6 Å². The Hall–Kier alpha value is -1.01. The summed E-state index contributed by atoms with van der Waals surface area (Å²) in [7, 11) is 0. The summed E-state index contributed by atoms with van der Waals surface area (Å²) in [6, 6.07) is 0. The summed E-state index contributed by atoms with van der Waals surface area (Å²) in [5, 5.41) is 0.200. The molecule has 0 aromatic carbocycles. The van der Waals surface area contributed by atoms with Crippen LogP contribution in [0.1, 0.15) is 6.42 Å². The van der Waals surface area contributed by atoms with Crippen LogP contribution in [0.5, 0.6) is 0 Å². The van der Waals surface area contributed by atoms with Crippen molar-refractivity contribution in [2.24, 2.45) is 0 Å². The fourth-order valence-electron chi connectivity index (χ4n) is 1.52. The number of nitrogens with two attached hydrogens (primary N) is 1. The predicted molar refractivity (Wildman–Crippen MR) is 61.2 cm³/mol. The summed E-state index contributed by atoms with van der Waals surface area (Å²) in [6.45, 7) is 0.485. The van der Waals surface area contributed by atoms with Crippen LogP contribution in [0, 0.1) is 0 Å². The largest absolute Gasteiger partial charge is 0.382 e.